The highest BCUT2D eigenvalue weighted by atomic mass is 16.5. The third kappa shape index (κ3) is 6.13. The molecule has 1 aromatic carbocycles. The van der Waals surface area contributed by atoms with Crippen LogP contribution in [0, 0.1) is 0 Å². The SMILES string of the molecule is COc1cc(/C=C/C(=O)NC2CCN(CC(=O)N3CCCC3)CC2)cc(OC)c1OC. The molecule has 2 heterocycles. The summed E-state index contributed by atoms with van der Waals surface area (Å²) in [5.74, 6) is 1.69. The molecule has 0 spiro atoms. The first-order valence-corrected chi connectivity index (χ1v) is 10.8. The van der Waals surface area contributed by atoms with Gasteiger partial charge in [0.15, 0.2) is 11.5 Å². The summed E-state index contributed by atoms with van der Waals surface area (Å²) in [7, 11) is 4.67. The molecule has 170 valence electrons. The lowest BCUT2D eigenvalue weighted by Gasteiger charge is -2.32. The van der Waals surface area contributed by atoms with Crippen LogP contribution in [0.25, 0.3) is 6.08 Å². The van der Waals surface area contributed by atoms with E-state index in [1.165, 1.54) is 6.08 Å². The molecule has 0 unspecified atom stereocenters. The summed E-state index contributed by atoms with van der Waals surface area (Å²) < 4.78 is 16.0. The van der Waals surface area contributed by atoms with Crippen LogP contribution < -0.4 is 19.5 Å². The van der Waals surface area contributed by atoms with E-state index in [2.05, 4.69) is 10.2 Å². The van der Waals surface area contributed by atoms with E-state index in [0.717, 1.165) is 57.4 Å². The molecule has 2 aliphatic rings. The number of amides is 2. The van der Waals surface area contributed by atoms with E-state index in [1.807, 2.05) is 4.90 Å². The van der Waals surface area contributed by atoms with E-state index in [4.69, 9.17) is 14.2 Å². The van der Waals surface area contributed by atoms with E-state index >= 15 is 0 Å². The average molecular weight is 432 g/mol. The van der Waals surface area contributed by atoms with Gasteiger partial charge in [-0.05, 0) is 49.5 Å². The molecule has 2 fully saturated rings. The van der Waals surface area contributed by atoms with Crippen LogP contribution in [-0.2, 0) is 9.59 Å². The first kappa shape index (κ1) is 22.9. The quantitative estimate of drug-likeness (QED) is 0.634. The number of likely N-dealkylation sites (tertiary alicyclic amines) is 2. The molecular weight excluding hydrogens is 398 g/mol. The fourth-order valence-corrected chi connectivity index (χ4v) is 4.11. The zero-order valence-electron chi connectivity index (χ0n) is 18.7. The van der Waals surface area contributed by atoms with Crippen molar-refractivity contribution in [2.24, 2.45) is 0 Å². The van der Waals surface area contributed by atoms with E-state index in [-0.39, 0.29) is 17.9 Å². The van der Waals surface area contributed by atoms with Gasteiger partial charge in [-0.25, -0.2) is 0 Å². The molecule has 0 bridgehead atoms. The minimum atomic E-state index is -0.139. The Hall–Kier alpha value is -2.74. The van der Waals surface area contributed by atoms with Gasteiger partial charge in [-0.15, -0.1) is 0 Å². The van der Waals surface area contributed by atoms with Crippen molar-refractivity contribution in [1.29, 1.82) is 0 Å². The topological polar surface area (TPSA) is 80.3 Å². The number of carbonyl (C=O) groups is 2. The first-order valence-electron chi connectivity index (χ1n) is 10.8. The monoisotopic (exact) mass is 431 g/mol. The van der Waals surface area contributed by atoms with Crippen LogP contribution in [0.4, 0.5) is 0 Å². The second-order valence-corrected chi connectivity index (χ2v) is 7.94. The summed E-state index contributed by atoms with van der Waals surface area (Å²) in [5, 5.41) is 3.06. The van der Waals surface area contributed by atoms with Crippen LogP contribution in [-0.4, -0.2) is 81.7 Å². The predicted octanol–water partition coefficient (Wildman–Crippen LogP) is 1.93. The van der Waals surface area contributed by atoms with Gasteiger partial charge in [-0.1, -0.05) is 0 Å². The summed E-state index contributed by atoms with van der Waals surface area (Å²) in [5.41, 5.74) is 0.778. The standard InChI is InChI=1S/C23H33N3O5/c1-29-19-14-17(15-20(30-2)23(19)31-3)6-7-21(27)24-18-8-12-25(13-9-18)16-22(28)26-10-4-5-11-26/h6-7,14-15,18H,4-5,8-13,16H2,1-3H3,(H,24,27)/b7-6+. The van der Waals surface area contributed by atoms with Crippen LogP contribution in [0.2, 0.25) is 0 Å². The fourth-order valence-electron chi connectivity index (χ4n) is 4.11. The third-order valence-corrected chi connectivity index (χ3v) is 5.87. The van der Waals surface area contributed by atoms with Crippen LogP contribution in [0.5, 0.6) is 17.2 Å². The highest BCUT2D eigenvalue weighted by Gasteiger charge is 2.24. The van der Waals surface area contributed by atoms with Gasteiger partial charge in [-0.3, -0.25) is 14.5 Å². The molecule has 1 N–H and O–H groups in total. The fraction of sp³-hybridized carbons (Fsp3) is 0.565. The highest BCUT2D eigenvalue weighted by molar-refractivity contribution is 5.92. The molecule has 2 amide bonds. The van der Waals surface area contributed by atoms with Crippen molar-refractivity contribution >= 4 is 17.9 Å². The molecular formula is C23H33N3O5. The number of hydrogen-bond acceptors (Lipinski definition) is 6. The van der Waals surface area contributed by atoms with Gasteiger partial charge in [0.2, 0.25) is 17.6 Å². The van der Waals surface area contributed by atoms with Crippen molar-refractivity contribution in [2.45, 2.75) is 31.7 Å². The van der Waals surface area contributed by atoms with Crippen LogP contribution in [0.3, 0.4) is 0 Å². The zero-order valence-corrected chi connectivity index (χ0v) is 18.7. The normalized spacial score (nSPS) is 17.7. The maximum Gasteiger partial charge on any atom is 0.244 e. The second-order valence-electron chi connectivity index (χ2n) is 7.94. The van der Waals surface area contributed by atoms with Gasteiger partial charge in [0.05, 0.1) is 27.9 Å². The van der Waals surface area contributed by atoms with Crippen LogP contribution >= 0.6 is 0 Å². The van der Waals surface area contributed by atoms with Gasteiger partial charge >= 0.3 is 0 Å². The van der Waals surface area contributed by atoms with Gasteiger partial charge in [-0.2, -0.15) is 0 Å². The number of nitrogens with zero attached hydrogens (tertiary/aromatic N) is 2. The number of hydrogen-bond donors (Lipinski definition) is 1. The summed E-state index contributed by atoms with van der Waals surface area (Å²) >= 11 is 0. The maximum atomic E-state index is 12.4. The number of piperidine rings is 1. The van der Waals surface area contributed by atoms with Crippen molar-refractivity contribution in [2.75, 3.05) is 54.1 Å². The third-order valence-electron chi connectivity index (χ3n) is 5.87. The molecule has 31 heavy (non-hydrogen) atoms. The Morgan fingerprint density at radius 2 is 1.61 bits per heavy atom. The van der Waals surface area contributed by atoms with E-state index in [1.54, 1.807) is 39.5 Å². The summed E-state index contributed by atoms with van der Waals surface area (Å²) in [6.07, 6.45) is 7.16. The molecule has 0 aromatic heterocycles. The molecule has 3 rings (SSSR count). The van der Waals surface area contributed by atoms with Crippen molar-refractivity contribution in [3.05, 3.63) is 23.8 Å². The lowest BCUT2D eigenvalue weighted by atomic mass is 10.0. The van der Waals surface area contributed by atoms with Crippen LogP contribution in [0.15, 0.2) is 18.2 Å². The predicted molar refractivity (Wildman–Crippen MR) is 119 cm³/mol. The van der Waals surface area contributed by atoms with Gasteiger partial charge < -0.3 is 24.4 Å². The zero-order chi connectivity index (χ0) is 22.2. The Balaban J connectivity index is 1.48. The van der Waals surface area contributed by atoms with E-state index in [0.29, 0.717) is 23.8 Å². The number of nitrogens with one attached hydrogen (secondary N) is 1. The van der Waals surface area contributed by atoms with Gasteiger partial charge in [0, 0.05) is 38.3 Å². The average Bonchev–Trinajstić information content (AvgIpc) is 3.33. The van der Waals surface area contributed by atoms with E-state index < -0.39 is 0 Å². The van der Waals surface area contributed by atoms with Crippen molar-refractivity contribution in [3.8, 4) is 17.2 Å². The highest BCUT2D eigenvalue weighted by Crippen LogP contribution is 2.38. The molecule has 1 aromatic rings. The number of methoxy groups -OCH3 is 3. The Morgan fingerprint density at radius 1 is 1.00 bits per heavy atom. The number of rotatable bonds is 8. The Kier molecular flexibility index (Phi) is 8.17. The molecule has 2 saturated heterocycles. The minimum absolute atomic E-state index is 0.121. The first-order chi connectivity index (χ1) is 15.0. The van der Waals surface area contributed by atoms with Gasteiger partial charge in [0.1, 0.15) is 0 Å². The molecule has 0 saturated carbocycles. The molecule has 2 aliphatic heterocycles. The van der Waals surface area contributed by atoms with Crippen molar-refractivity contribution in [1.82, 2.24) is 15.1 Å². The minimum Gasteiger partial charge on any atom is -0.493 e. The van der Waals surface area contributed by atoms with E-state index in [9.17, 15) is 9.59 Å². The maximum absolute atomic E-state index is 12.4. The molecule has 8 heteroatoms. The summed E-state index contributed by atoms with van der Waals surface area (Å²) in [6.45, 7) is 3.91. The lowest BCUT2D eigenvalue weighted by Crippen LogP contribution is -2.47. The van der Waals surface area contributed by atoms with Crippen LogP contribution in [0.1, 0.15) is 31.2 Å². The Bertz CT molecular complexity index is 771. The largest absolute Gasteiger partial charge is 0.493 e. The molecule has 0 atom stereocenters. The lowest BCUT2D eigenvalue weighted by molar-refractivity contribution is -0.131. The second kappa shape index (κ2) is 11.0. The van der Waals surface area contributed by atoms with Gasteiger partial charge in [0.25, 0.3) is 0 Å². The molecule has 0 aliphatic carbocycles. The number of carbonyl (C=O) groups excluding carboxylic acids is 2. The molecule has 8 nitrogen and oxygen atoms in total. The smallest absolute Gasteiger partial charge is 0.244 e. The number of ether oxygens (including phenoxy) is 3. The van der Waals surface area contributed by atoms with Crippen molar-refractivity contribution in [3.63, 3.8) is 0 Å². The Morgan fingerprint density at radius 3 is 2.16 bits per heavy atom. The van der Waals surface area contributed by atoms with Crippen molar-refractivity contribution < 1.29 is 23.8 Å². The Labute approximate surface area is 184 Å². The summed E-state index contributed by atoms with van der Waals surface area (Å²) in [4.78, 5) is 28.8. The summed E-state index contributed by atoms with van der Waals surface area (Å²) in [6, 6.07) is 3.71. The number of benzene rings is 1. The molecule has 0 radical (unpaired) electrons.